The van der Waals surface area contributed by atoms with Crippen LogP contribution in [0.25, 0.3) is 21.8 Å². The standard InChI is InChI=1S/C16H19N3O3/c1-9(2)19-16(20)15-11(8-17-19)14-12(18(15)3)6-10(21-4)7-13(14)22-5/h6-9H,1-5H3. The van der Waals surface area contributed by atoms with Crippen molar-refractivity contribution in [3.05, 3.63) is 28.7 Å². The van der Waals surface area contributed by atoms with Gasteiger partial charge in [0, 0.05) is 24.6 Å². The second kappa shape index (κ2) is 5.05. The van der Waals surface area contributed by atoms with E-state index in [1.807, 2.05) is 37.6 Å². The van der Waals surface area contributed by atoms with Crippen molar-refractivity contribution in [3.8, 4) is 11.5 Å². The third kappa shape index (κ3) is 1.87. The van der Waals surface area contributed by atoms with Crippen LogP contribution in [0.2, 0.25) is 0 Å². The van der Waals surface area contributed by atoms with Gasteiger partial charge in [0.15, 0.2) is 0 Å². The minimum Gasteiger partial charge on any atom is -0.497 e. The van der Waals surface area contributed by atoms with E-state index in [2.05, 4.69) is 5.10 Å². The first-order valence-electron chi connectivity index (χ1n) is 7.11. The average molecular weight is 301 g/mol. The summed E-state index contributed by atoms with van der Waals surface area (Å²) in [7, 11) is 5.09. The normalized spacial score (nSPS) is 11.5. The Morgan fingerprint density at radius 3 is 2.50 bits per heavy atom. The average Bonchev–Trinajstić information content (AvgIpc) is 2.80. The van der Waals surface area contributed by atoms with E-state index in [1.165, 1.54) is 4.68 Å². The molecular weight excluding hydrogens is 282 g/mol. The Morgan fingerprint density at radius 1 is 1.18 bits per heavy atom. The maximum atomic E-state index is 12.7. The van der Waals surface area contributed by atoms with Crippen molar-refractivity contribution < 1.29 is 9.47 Å². The monoisotopic (exact) mass is 301 g/mol. The number of aryl methyl sites for hydroxylation is 1. The van der Waals surface area contributed by atoms with E-state index in [4.69, 9.17) is 9.47 Å². The van der Waals surface area contributed by atoms with E-state index in [1.54, 1.807) is 20.4 Å². The van der Waals surface area contributed by atoms with Crippen LogP contribution >= 0.6 is 0 Å². The summed E-state index contributed by atoms with van der Waals surface area (Å²) >= 11 is 0. The van der Waals surface area contributed by atoms with Gasteiger partial charge < -0.3 is 14.0 Å². The Kier molecular flexibility index (Phi) is 3.31. The zero-order chi connectivity index (χ0) is 16.0. The van der Waals surface area contributed by atoms with Gasteiger partial charge in [-0.15, -0.1) is 0 Å². The smallest absolute Gasteiger partial charge is 0.291 e. The summed E-state index contributed by atoms with van der Waals surface area (Å²) in [6, 6.07) is 3.72. The van der Waals surface area contributed by atoms with E-state index >= 15 is 0 Å². The molecule has 0 saturated heterocycles. The van der Waals surface area contributed by atoms with E-state index in [9.17, 15) is 4.79 Å². The molecule has 2 aromatic heterocycles. The highest BCUT2D eigenvalue weighted by atomic mass is 16.5. The molecule has 0 bridgehead atoms. The molecule has 3 aromatic rings. The highest BCUT2D eigenvalue weighted by Crippen LogP contribution is 2.36. The molecule has 0 atom stereocenters. The van der Waals surface area contributed by atoms with Gasteiger partial charge in [-0.25, -0.2) is 4.68 Å². The van der Waals surface area contributed by atoms with Crippen molar-refractivity contribution in [2.45, 2.75) is 19.9 Å². The van der Waals surface area contributed by atoms with E-state index in [-0.39, 0.29) is 11.6 Å². The summed E-state index contributed by atoms with van der Waals surface area (Å²) in [5, 5.41) is 5.96. The lowest BCUT2D eigenvalue weighted by atomic mass is 10.1. The van der Waals surface area contributed by atoms with Gasteiger partial charge in [0.1, 0.15) is 17.0 Å². The van der Waals surface area contributed by atoms with Crippen LogP contribution in [0.15, 0.2) is 23.1 Å². The fourth-order valence-corrected chi connectivity index (χ4v) is 2.84. The summed E-state index contributed by atoms with van der Waals surface area (Å²) in [6.07, 6.45) is 1.73. The zero-order valence-electron chi connectivity index (χ0n) is 13.4. The Morgan fingerprint density at radius 2 is 1.91 bits per heavy atom. The van der Waals surface area contributed by atoms with Crippen molar-refractivity contribution in [3.63, 3.8) is 0 Å². The number of methoxy groups -OCH3 is 2. The maximum absolute atomic E-state index is 12.7. The third-order valence-corrected chi connectivity index (χ3v) is 3.94. The van der Waals surface area contributed by atoms with Crippen LogP contribution < -0.4 is 15.0 Å². The lowest BCUT2D eigenvalue weighted by Gasteiger charge is -2.08. The molecular formula is C16H19N3O3. The van der Waals surface area contributed by atoms with Crippen molar-refractivity contribution in [2.24, 2.45) is 7.05 Å². The Bertz CT molecular complexity index is 922. The molecule has 0 spiro atoms. The van der Waals surface area contributed by atoms with Gasteiger partial charge in [-0.1, -0.05) is 0 Å². The molecule has 0 unspecified atom stereocenters. The molecule has 0 N–H and O–H groups in total. The van der Waals surface area contributed by atoms with Crippen molar-refractivity contribution in [2.75, 3.05) is 14.2 Å². The summed E-state index contributed by atoms with van der Waals surface area (Å²) in [4.78, 5) is 12.7. The quantitative estimate of drug-likeness (QED) is 0.746. The molecule has 116 valence electrons. The largest absolute Gasteiger partial charge is 0.497 e. The SMILES string of the molecule is COc1cc(OC)c2c3cnn(C(C)C)c(=O)c3n(C)c2c1. The van der Waals surface area contributed by atoms with Crippen LogP contribution in [0.1, 0.15) is 19.9 Å². The van der Waals surface area contributed by atoms with Crippen molar-refractivity contribution >= 4 is 21.8 Å². The minimum absolute atomic E-state index is 0.00587. The fourth-order valence-electron chi connectivity index (χ4n) is 2.84. The number of ether oxygens (including phenoxy) is 2. The van der Waals surface area contributed by atoms with Crippen molar-refractivity contribution in [1.82, 2.24) is 14.3 Å². The van der Waals surface area contributed by atoms with Gasteiger partial charge in [-0.2, -0.15) is 5.10 Å². The number of benzene rings is 1. The zero-order valence-corrected chi connectivity index (χ0v) is 13.4. The number of hydrogen-bond acceptors (Lipinski definition) is 4. The molecule has 22 heavy (non-hydrogen) atoms. The van der Waals surface area contributed by atoms with Crippen molar-refractivity contribution in [1.29, 1.82) is 0 Å². The van der Waals surface area contributed by atoms with Gasteiger partial charge >= 0.3 is 0 Å². The lowest BCUT2D eigenvalue weighted by molar-refractivity contribution is 0.398. The minimum atomic E-state index is -0.104. The molecule has 0 radical (unpaired) electrons. The highest BCUT2D eigenvalue weighted by molar-refractivity contribution is 6.11. The van der Waals surface area contributed by atoms with Gasteiger partial charge in [0.2, 0.25) is 0 Å². The molecule has 0 aliphatic rings. The third-order valence-electron chi connectivity index (χ3n) is 3.94. The molecule has 0 aliphatic heterocycles. The van der Waals surface area contributed by atoms with Crippen LogP contribution in [0.3, 0.4) is 0 Å². The molecule has 2 heterocycles. The van der Waals surface area contributed by atoms with E-state index in [0.717, 1.165) is 16.3 Å². The van der Waals surface area contributed by atoms with Crippen LogP contribution in [-0.4, -0.2) is 28.6 Å². The van der Waals surface area contributed by atoms with Gasteiger partial charge in [0.05, 0.1) is 37.4 Å². The maximum Gasteiger partial charge on any atom is 0.291 e. The fraction of sp³-hybridized carbons (Fsp3) is 0.375. The van der Waals surface area contributed by atoms with E-state index < -0.39 is 0 Å². The molecule has 0 aliphatic carbocycles. The topological polar surface area (TPSA) is 58.3 Å². The first-order valence-corrected chi connectivity index (χ1v) is 7.11. The van der Waals surface area contributed by atoms with Crippen LogP contribution in [0.4, 0.5) is 0 Å². The number of hydrogen-bond donors (Lipinski definition) is 0. The first kappa shape index (κ1) is 14.4. The number of fused-ring (bicyclic) bond motifs is 3. The van der Waals surface area contributed by atoms with Crippen LogP contribution in [0, 0.1) is 0 Å². The second-order valence-corrected chi connectivity index (χ2v) is 5.53. The summed E-state index contributed by atoms with van der Waals surface area (Å²) < 4.78 is 14.2. The molecule has 0 saturated carbocycles. The highest BCUT2D eigenvalue weighted by Gasteiger charge is 2.19. The summed E-state index contributed by atoms with van der Waals surface area (Å²) in [6.45, 7) is 3.87. The first-order chi connectivity index (χ1) is 10.5. The van der Waals surface area contributed by atoms with Gasteiger partial charge in [-0.05, 0) is 13.8 Å². The molecule has 6 heteroatoms. The number of rotatable bonds is 3. The van der Waals surface area contributed by atoms with Gasteiger partial charge in [0.25, 0.3) is 5.56 Å². The Hall–Kier alpha value is -2.50. The van der Waals surface area contributed by atoms with Gasteiger partial charge in [-0.3, -0.25) is 4.79 Å². The second-order valence-electron chi connectivity index (χ2n) is 5.53. The predicted molar refractivity (Wildman–Crippen MR) is 86.0 cm³/mol. The molecule has 0 fully saturated rings. The molecule has 1 aromatic carbocycles. The predicted octanol–water partition coefficient (Wildman–Crippen LogP) is 2.49. The van der Waals surface area contributed by atoms with E-state index in [0.29, 0.717) is 17.0 Å². The molecule has 3 rings (SSSR count). The van der Waals surface area contributed by atoms with Crippen LogP contribution in [0.5, 0.6) is 11.5 Å². The summed E-state index contributed by atoms with van der Waals surface area (Å²) in [5.41, 5.74) is 1.39. The van der Waals surface area contributed by atoms with Crippen LogP contribution in [-0.2, 0) is 7.05 Å². The summed E-state index contributed by atoms with van der Waals surface area (Å²) in [5.74, 6) is 1.36. The Labute approximate surface area is 127 Å². The Balaban J connectivity index is 2.54. The number of nitrogens with zero attached hydrogens (tertiary/aromatic N) is 3. The number of aromatic nitrogens is 3. The lowest BCUT2D eigenvalue weighted by Crippen LogP contribution is -2.25. The molecule has 6 nitrogen and oxygen atoms in total. The molecule has 0 amide bonds.